The molecule has 1 aromatic carbocycles. The first-order chi connectivity index (χ1) is 17.0. The van der Waals surface area contributed by atoms with Crippen molar-refractivity contribution in [2.24, 2.45) is 16.5 Å². The largest absolute Gasteiger partial charge is 0.427 e. The Balaban J connectivity index is 2.02. The van der Waals surface area contributed by atoms with Gasteiger partial charge in [0.05, 0.1) is 6.34 Å². The van der Waals surface area contributed by atoms with Gasteiger partial charge < -0.3 is 21.6 Å². The van der Waals surface area contributed by atoms with E-state index in [9.17, 15) is 9.59 Å². The maximum Gasteiger partial charge on any atom is 0.427 e. The zero-order chi connectivity index (χ0) is 25.6. The molecule has 35 heavy (non-hydrogen) atoms. The van der Waals surface area contributed by atoms with Gasteiger partial charge in [0, 0.05) is 32.1 Å². The highest BCUT2D eigenvalue weighted by molar-refractivity contribution is 5.73. The third-order valence-corrected chi connectivity index (χ3v) is 5.39. The molecule has 0 saturated carbocycles. The van der Waals surface area contributed by atoms with Crippen molar-refractivity contribution in [3.63, 3.8) is 0 Å². The summed E-state index contributed by atoms with van der Waals surface area (Å²) in [6, 6.07) is 10.6. The highest BCUT2D eigenvalue weighted by Gasteiger charge is 2.08. The molecule has 1 atom stereocenters. The Hall–Kier alpha value is -2.69. The number of nitrogens with two attached hydrogens (primary N) is 2. The summed E-state index contributed by atoms with van der Waals surface area (Å²) < 4.78 is 0. The van der Waals surface area contributed by atoms with Gasteiger partial charge in [-0.3, -0.25) is 20.1 Å². The highest BCUT2D eigenvalue weighted by atomic mass is 16.7. The van der Waals surface area contributed by atoms with Gasteiger partial charge in [0.1, 0.15) is 0 Å². The second kappa shape index (κ2) is 20.7. The van der Waals surface area contributed by atoms with Gasteiger partial charge in [0.25, 0.3) is 0 Å². The third kappa shape index (κ3) is 19.3. The van der Waals surface area contributed by atoms with Gasteiger partial charge in [0.2, 0.25) is 5.91 Å². The smallest absolute Gasteiger partial charge is 0.370 e. The van der Waals surface area contributed by atoms with Crippen molar-refractivity contribution in [1.82, 2.24) is 21.2 Å². The Kier molecular flexibility index (Phi) is 17.9. The number of nitrogens with one attached hydrogen (secondary N) is 3. The van der Waals surface area contributed by atoms with E-state index in [-0.39, 0.29) is 11.9 Å². The minimum atomic E-state index is -0.542. The molecule has 0 fully saturated rings. The van der Waals surface area contributed by atoms with Gasteiger partial charge in [-0.15, -0.1) is 0 Å². The number of carbonyl (C=O) groups excluding carboxylic acids is 2. The zero-order valence-electron chi connectivity index (χ0n) is 21.2. The molecule has 198 valence electrons. The molecule has 2 amide bonds. The van der Waals surface area contributed by atoms with Gasteiger partial charge in [0.15, 0.2) is 0 Å². The lowest BCUT2D eigenvalue weighted by molar-refractivity contribution is -0.118. The lowest BCUT2D eigenvalue weighted by Crippen LogP contribution is -2.38. The van der Waals surface area contributed by atoms with Gasteiger partial charge in [-0.1, -0.05) is 55.2 Å². The Morgan fingerprint density at radius 3 is 2.54 bits per heavy atom. The van der Waals surface area contributed by atoms with Gasteiger partial charge in [-0.2, -0.15) is 0 Å². The summed E-state index contributed by atoms with van der Waals surface area (Å²) in [7, 11) is 0. The summed E-state index contributed by atoms with van der Waals surface area (Å²) in [6.45, 7) is 6.06. The van der Waals surface area contributed by atoms with Gasteiger partial charge >= 0.3 is 6.09 Å². The monoisotopic (exact) mass is 491 g/mol. The van der Waals surface area contributed by atoms with Crippen molar-refractivity contribution in [2.45, 2.75) is 77.3 Å². The van der Waals surface area contributed by atoms with Crippen LogP contribution in [0.2, 0.25) is 0 Å². The molecule has 10 heteroatoms. The van der Waals surface area contributed by atoms with Crippen LogP contribution in [0, 0.1) is 0 Å². The summed E-state index contributed by atoms with van der Waals surface area (Å²) in [5.41, 5.74) is 17.3. The summed E-state index contributed by atoms with van der Waals surface area (Å²) in [6.07, 6.45) is 9.11. The van der Waals surface area contributed by atoms with Crippen LogP contribution in [-0.2, 0) is 16.2 Å². The molecule has 0 heterocycles. The van der Waals surface area contributed by atoms with Crippen LogP contribution in [0.15, 0.2) is 35.3 Å². The third-order valence-electron chi connectivity index (χ3n) is 5.39. The molecule has 0 radical (unpaired) electrons. The van der Waals surface area contributed by atoms with Crippen LogP contribution in [0.1, 0.15) is 70.3 Å². The standard InChI is InChI=1S/C25H45N7O3/c1-22(26)15-19-32(20-23-12-6-5-7-13-23)18-11-10-17-29-25(34)35-31-30-21-28-16-9-4-2-3-8-14-24(27)33/h5-7,12-13,21-22,31H,2-4,8-11,14-20,26H2,1H3,(H2,27,33)(H,28,30)(H,29,34). The van der Waals surface area contributed by atoms with E-state index < -0.39 is 6.09 Å². The number of rotatable bonds is 21. The first kappa shape index (κ1) is 30.3. The second-order valence-corrected chi connectivity index (χ2v) is 8.82. The van der Waals surface area contributed by atoms with Crippen LogP contribution in [0.4, 0.5) is 4.79 Å². The van der Waals surface area contributed by atoms with Crippen molar-refractivity contribution >= 4 is 18.3 Å². The number of carbonyl (C=O) groups is 2. The topological polar surface area (TPSA) is 147 Å². The van der Waals surface area contributed by atoms with Crippen molar-refractivity contribution in [1.29, 1.82) is 0 Å². The molecule has 0 saturated heterocycles. The number of hydrazine groups is 1. The molecule has 7 N–H and O–H groups in total. The van der Waals surface area contributed by atoms with Crippen molar-refractivity contribution in [2.75, 3.05) is 26.2 Å². The van der Waals surface area contributed by atoms with E-state index in [2.05, 4.69) is 50.5 Å². The minimum Gasteiger partial charge on any atom is -0.370 e. The average Bonchev–Trinajstić information content (AvgIpc) is 2.83. The number of hydrogen-bond acceptors (Lipinski definition) is 7. The van der Waals surface area contributed by atoms with Crippen LogP contribution in [0.25, 0.3) is 0 Å². The zero-order valence-corrected chi connectivity index (χ0v) is 21.2. The summed E-state index contributed by atoms with van der Waals surface area (Å²) >= 11 is 0. The van der Waals surface area contributed by atoms with Crippen LogP contribution < -0.4 is 27.8 Å². The summed E-state index contributed by atoms with van der Waals surface area (Å²) in [5.74, 6) is -0.237. The van der Waals surface area contributed by atoms with E-state index in [1.807, 2.05) is 13.0 Å². The van der Waals surface area contributed by atoms with E-state index >= 15 is 0 Å². The van der Waals surface area contributed by atoms with Crippen molar-refractivity contribution < 1.29 is 14.4 Å². The molecule has 0 aliphatic carbocycles. The van der Waals surface area contributed by atoms with E-state index in [0.29, 0.717) is 19.5 Å². The van der Waals surface area contributed by atoms with Crippen molar-refractivity contribution in [3.05, 3.63) is 35.9 Å². The van der Waals surface area contributed by atoms with Crippen LogP contribution >= 0.6 is 0 Å². The summed E-state index contributed by atoms with van der Waals surface area (Å²) in [4.78, 5) is 33.8. The lowest BCUT2D eigenvalue weighted by Gasteiger charge is -2.23. The fourth-order valence-electron chi connectivity index (χ4n) is 3.43. The normalized spacial score (nSPS) is 12.1. The Morgan fingerprint density at radius 2 is 1.80 bits per heavy atom. The van der Waals surface area contributed by atoms with Crippen LogP contribution in [-0.4, -0.2) is 55.5 Å². The fraction of sp³-hybridized carbons (Fsp3) is 0.640. The SMILES string of the molecule is CC(N)CCN(CCCCNC(=O)ONNC=NCCCCCCCC(N)=O)Cc1ccccc1. The predicted octanol–water partition coefficient (Wildman–Crippen LogP) is 2.60. The summed E-state index contributed by atoms with van der Waals surface area (Å²) in [5, 5.41) is 2.72. The first-order valence-corrected chi connectivity index (χ1v) is 12.7. The van der Waals surface area contributed by atoms with Crippen LogP contribution in [0.3, 0.4) is 0 Å². The molecular formula is C25H45N7O3. The van der Waals surface area contributed by atoms with Crippen LogP contribution in [0.5, 0.6) is 0 Å². The van der Waals surface area contributed by atoms with E-state index in [1.54, 1.807) is 0 Å². The van der Waals surface area contributed by atoms with E-state index in [4.69, 9.17) is 16.3 Å². The van der Waals surface area contributed by atoms with Crippen molar-refractivity contribution in [3.8, 4) is 0 Å². The molecule has 0 aliphatic rings. The Bertz CT molecular complexity index is 702. The average molecular weight is 492 g/mol. The predicted molar refractivity (Wildman–Crippen MR) is 140 cm³/mol. The van der Waals surface area contributed by atoms with Gasteiger partial charge in [-0.25, -0.2) is 4.79 Å². The molecule has 10 nitrogen and oxygen atoms in total. The maximum absolute atomic E-state index is 11.7. The number of unbranched alkanes of at least 4 members (excludes halogenated alkanes) is 5. The minimum absolute atomic E-state index is 0.182. The quantitative estimate of drug-likeness (QED) is 0.0768. The molecule has 1 aromatic rings. The Labute approximate surface area is 210 Å². The lowest BCUT2D eigenvalue weighted by atomic mass is 10.1. The first-order valence-electron chi connectivity index (χ1n) is 12.7. The Morgan fingerprint density at radius 1 is 1.06 bits per heavy atom. The number of hydrogen-bond donors (Lipinski definition) is 5. The number of primary amides is 1. The maximum atomic E-state index is 11.7. The molecule has 0 spiro atoms. The van der Waals surface area contributed by atoms with Gasteiger partial charge in [-0.05, 0) is 57.7 Å². The number of amides is 2. The second-order valence-electron chi connectivity index (χ2n) is 8.82. The molecule has 0 aromatic heterocycles. The molecule has 0 aliphatic heterocycles. The fourth-order valence-corrected chi connectivity index (χ4v) is 3.43. The molecule has 1 unspecified atom stereocenters. The van der Waals surface area contributed by atoms with E-state index in [0.717, 1.165) is 71.0 Å². The molecule has 0 bridgehead atoms. The number of benzene rings is 1. The molecule has 1 rings (SSSR count). The highest BCUT2D eigenvalue weighted by Crippen LogP contribution is 2.07. The number of aliphatic imine (C=N–C) groups is 1. The van der Waals surface area contributed by atoms with E-state index in [1.165, 1.54) is 11.9 Å². The number of nitrogens with zero attached hydrogens (tertiary/aromatic N) is 2. The molecular weight excluding hydrogens is 446 g/mol.